The Hall–Kier alpha value is -3.45. The molecule has 3 N–H and O–H groups in total. The van der Waals surface area contributed by atoms with Gasteiger partial charge in [-0.15, -0.1) is 0 Å². The molecular formula is C24H27N5O2. The number of ether oxygens (including phenoxy) is 1. The molecule has 4 aromatic rings. The van der Waals surface area contributed by atoms with Crippen LogP contribution >= 0.6 is 0 Å². The minimum atomic E-state index is -0.233. The molecule has 2 aromatic heterocycles. The van der Waals surface area contributed by atoms with Crippen molar-refractivity contribution in [2.24, 2.45) is 0 Å². The number of nitrogens with one attached hydrogen (secondary N) is 1. The minimum Gasteiger partial charge on any atom is -0.384 e. The monoisotopic (exact) mass is 417 g/mol. The maximum Gasteiger partial charge on any atom is 0.257 e. The van der Waals surface area contributed by atoms with Crippen molar-refractivity contribution in [3.05, 3.63) is 65.7 Å². The van der Waals surface area contributed by atoms with Crippen LogP contribution in [0.25, 0.3) is 22.2 Å². The van der Waals surface area contributed by atoms with Crippen molar-refractivity contribution < 1.29 is 9.53 Å². The summed E-state index contributed by atoms with van der Waals surface area (Å²) in [7, 11) is 1.63. The summed E-state index contributed by atoms with van der Waals surface area (Å²) < 4.78 is 7.03. The van der Waals surface area contributed by atoms with E-state index in [0.717, 1.165) is 23.9 Å². The van der Waals surface area contributed by atoms with Crippen LogP contribution in [0.1, 0.15) is 29.3 Å². The molecule has 160 valence electrons. The van der Waals surface area contributed by atoms with E-state index >= 15 is 0 Å². The van der Waals surface area contributed by atoms with Crippen LogP contribution in [0, 0.1) is 0 Å². The Bertz CT molecular complexity index is 1200. The van der Waals surface area contributed by atoms with Crippen molar-refractivity contribution in [3.63, 3.8) is 0 Å². The van der Waals surface area contributed by atoms with Gasteiger partial charge in [0, 0.05) is 19.7 Å². The third kappa shape index (κ3) is 4.36. The summed E-state index contributed by atoms with van der Waals surface area (Å²) >= 11 is 0. The van der Waals surface area contributed by atoms with Crippen molar-refractivity contribution in [1.82, 2.24) is 19.9 Å². The molecule has 1 amide bonds. The molecule has 31 heavy (non-hydrogen) atoms. The molecule has 1 unspecified atom stereocenters. The van der Waals surface area contributed by atoms with E-state index in [9.17, 15) is 4.79 Å². The number of nitrogen functional groups attached to an aromatic ring is 1. The molecule has 7 heteroatoms. The van der Waals surface area contributed by atoms with Gasteiger partial charge in [-0.2, -0.15) is 0 Å². The molecule has 0 aliphatic carbocycles. The number of para-hydroxylation sites is 2. The second-order valence-electron chi connectivity index (χ2n) is 7.69. The molecule has 2 aromatic carbocycles. The zero-order valence-electron chi connectivity index (χ0n) is 17.8. The lowest BCUT2D eigenvalue weighted by molar-refractivity contribution is 0.0940. The number of nitrogens with two attached hydrogens (primary N) is 1. The van der Waals surface area contributed by atoms with Crippen LogP contribution in [0.3, 0.4) is 0 Å². The second-order valence-corrected chi connectivity index (χ2v) is 7.69. The van der Waals surface area contributed by atoms with E-state index in [1.54, 1.807) is 7.11 Å². The van der Waals surface area contributed by atoms with Crippen molar-refractivity contribution in [2.75, 3.05) is 19.5 Å². The Morgan fingerprint density at radius 3 is 2.48 bits per heavy atom. The molecule has 1 atom stereocenters. The van der Waals surface area contributed by atoms with Gasteiger partial charge < -0.3 is 20.4 Å². The lowest BCUT2D eigenvalue weighted by atomic mass is 10.1. The van der Waals surface area contributed by atoms with Crippen LogP contribution in [-0.4, -0.2) is 40.2 Å². The number of hydrogen-bond donors (Lipinski definition) is 2. The number of amides is 1. The predicted molar refractivity (Wildman–Crippen MR) is 123 cm³/mol. The molecule has 0 fully saturated rings. The van der Waals surface area contributed by atoms with Gasteiger partial charge in [-0.05, 0) is 37.5 Å². The smallest absolute Gasteiger partial charge is 0.257 e. The van der Waals surface area contributed by atoms with Crippen molar-refractivity contribution in [3.8, 4) is 0 Å². The van der Waals surface area contributed by atoms with Crippen LogP contribution in [0.4, 0.5) is 5.82 Å². The maximum absolute atomic E-state index is 13.2. The minimum absolute atomic E-state index is 0.0158. The zero-order valence-corrected chi connectivity index (χ0v) is 17.8. The van der Waals surface area contributed by atoms with Gasteiger partial charge in [0.1, 0.15) is 16.9 Å². The first-order valence-corrected chi connectivity index (χ1v) is 10.5. The standard InChI is InChI=1S/C24H27N5O2/c1-16(12-13-17-8-4-3-5-9-17)26-24(30)20-21-23(29(22(20)25)14-15-31-2)28-19-11-7-6-10-18(19)27-21/h3-11,16H,12-15,25H2,1-2H3,(H,26,30). The van der Waals surface area contributed by atoms with Gasteiger partial charge in [0.2, 0.25) is 0 Å². The molecule has 7 nitrogen and oxygen atoms in total. The average Bonchev–Trinajstić information content (AvgIpc) is 3.05. The molecular weight excluding hydrogens is 390 g/mol. The summed E-state index contributed by atoms with van der Waals surface area (Å²) in [4.78, 5) is 22.7. The highest BCUT2D eigenvalue weighted by Crippen LogP contribution is 2.28. The summed E-state index contributed by atoms with van der Waals surface area (Å²) in [6.45, 7) is 2.95. The number of nitrogens with zero attached hydrogens (tertiary/aromatic N) is 3. The molecule has 0 saturated carbocycles. The lowest BCUT2D eigenvalue weighted by Crippen LogP contribution is -2.33. The van der Waals surface area contributed by atoms with Gasteiger partial charge in [-0.3, -0.25) is 4.79 Å². The number of hydrogen-bond acceptors (Lipinski definition) is 5. The summed E-state index contributed by atoms with van der Waals surface area (Å²) in [5.74, 6) is 0.124. The SMILES string of the molecule is COCCn1c(N)c(C(=O)NC(C)CCc2ccccc2)c2nc3ccccc3nc21. The maximum atomic E-state index is 13.2. The number of benzene rings is 2. The van der Waals surface area contributed by atoms with Gasteiger partial charge >= 0.3 is 0 Å². The normalized spacial score (nSPS) is 12.3. The number of aryl methyl sites for hydroxylation is 1. The molecule has 0 aliphatic heterocycles. The molecule has 4 rings (SSSR count). The lowest BCUT2D eigenvalue weighted by Gasteiger charge is -2.14. The summed E-state index contributed by atoms with van der Waals surface area (Å²) in [5.41, 5.74) is 10.6. The number of fused-ring (bicyclic) bond motifs is 2. The second kappa shape index (κ2) is 9.14. The first kappa shape index (κ1) is 20.8. The van der Waals surface area contributed by atoms with E-state index in [-0.39, 0.29) is 11.9 Å². The van der Waals surface area contributed by atoms with E-state index in [1.807, 2.05) is 54.0 Å². The van der Waals surface area contributed by atoms with Crippen LogP contribution in [0.5, 0.6) is 0 Å². The zero-order chi connectivity index (χ0) is 21.8. The Morgan fingerprint density at radius 1 is 1.10 bits per heavy atom. The fourth-order valence-electron chi connectivity index (χ4n) is 3.75. The highest BCUT2D eigenvalue weighted by Gasteiger charge is 2.24. The molecule has 0 bridgehead atoms. The van der Waals surface area contributed by atoms with Gasteiger partial charge in [0.05, 0.1) is 17.6 Å². The Labute approximate surface area is 181 Å². The molecule has 0 aliphatic rings. The van der Waals surface area contributed by atoms with E-state index in [0.29, 0.717) is 35.7 Å². The molecule has 0 spiro atoms. The highest BCUT2D eigenvalue weighted by molar-refractivity contribution is 6.10. The van der Waals surface area contributed by atoms with Crippen LogP contribution < -0.4 is 11.1 Å². The van der Waals surface area contributed by atoms with E-state index < -0.39 is 0 Å². The van der Waals surface area contributed by atoms with E-state index in [4.69, 9.17) is 20.4 Å². The van der Waals surface area contributed by atoms with Crippen molar-refractivity contribution in [2.45, 2.75) is 32.4 Å². The number of aromatic nitrogens is 3. The number of methoxy groups -OCH3 is 1. The first-order chi connectivity index (χ1) is 15.1. The predicted octanol–water partition coefficient (Wildman–Crippen LogP) is 3.56. The number of carbonyl (C=O) groups is 1. The summed E-state index contributed by atoms with van der Waals surface area (Å²) in [5, 5.41) is 3.09. The van der Waals surface area contributed by atoms with Crippen molar-refractivity contribution >= 4 is 33.9 Å². The summed E-state index contributed by atoms with van der Waals surface area (Å²) in [6, 6.07) is 17.8. The number of carbonyl (C=O) groups excluding carboxylic acids is 1. The molecule has 0 saturated heterocycles. The van der Waals surface area contributed by atoms with Gasteiger partial charge in [-0.25, -0.2) is 9.97 Å². The molecule has 2 heterocycles. The van der Waals surface area contributed by atoms with Gasteiger partial charge in [-0.1, -0.05) is 42.5 Å². The largest absolute Gasteiger partial charge is 0.384 e. The third-order valence-electron chi connectivity index (χ3n) is 5.42. The van der Waals surface area contributed by atoms with E-state index in [1.165, 1.54) is 5.56 Å². The van der Waals surface area contributed by atoms with Crippen LogP contribution in [-0.2, 0) is 17.7 Å². The van der Waals surface area contributed by atoms with Crippen LogP contribution in [0.2, 0.25) is 0 Å². The van der Waals surface area contributed by atoms with Crippen molar-refractivity contribution in [1.29, 1.82) is 0 Å². The Balaban J connectivity index is 1.64. The number of anilines is 1. The molecule has 0 radical (unpaired) electrons. The topological polar surface area (TPSA) is 95.1 Å². The Morgan fingerprint density at radius 2 is 1.77 bits per heavy atom. The fourth-order valence-corrected chi connectivity index (χ4v) is 3.75. The third-order valence-corrected chi connectivity index (χ3v) is 5.42. The Kier molecular flexibility index (Phi) is 6.13. The fraction of sp³-hybridized carbons (Fsp3) is 0.292. The van der Waals surface area contributed by atoms with Crippen LogP contribution in [0.15, 0.2) is 54.6 Å². The highest BCUT2D eigenvalue weighted by atomic mass is 16.5. The quantitative estimate of drug-likeness (QED) is 0.457. The van der Waals surface area contributed by atoms with Gasteiger partial charge in [0.15, 0.2) is 5.65 Å². The van der Waals surface area contributed by atoms with E-state index in [2.05, 4.69) is 17.4 Å². The average molecular weight is 418 g/mol. The van der Waals surface area contributed by atoms with Gasteiger partial charge in [0.25, 0.3) is 5.91 Å². The first-order valence-electron chi connectivity index (χ1n) is 10.5. The summed E-state index contributed by atoms with van der Waals surface area (Å²) in [6.07, 6.45) is 1.71. The number of rotatable bonds is 8.